The van der Waals surface area contributed by atoms with Gasteiger partial charge in [0.15, 0.2) is 0 Å². The molecular weight excluding hydrogens is 282 g/mol. The number of carbonyl (C=O) groups excluding carboxylic acids is 1. The van der Waals surface area contributed by atoms with Crippen LogP contribution < -0.4 is 5.73 Å². The summed E-state index contributed by atoms with van der Waals surface area (Å²) in [6, 6.07) is 10.2. The Morgan fingerprint density at radius 2 is 2.19 bits per heavy atom. The molecule has 1 aliphatic rings. The molecule has 0 aliphatic carbocycles. The second-order valence-corrected chi connectivity index (χ2v) is 6.36. The normalized spacial score (nSPS) is 22.5. The molecule has 2 heterocycles. The fraction of sp³-hybridized carbons (Fsp3) is 0.375. The molecule has 2 aromatic rings. The van der Waals surface area contributed by atoms with Crippen molar-refractivity contribution in [2.45, 2.75) is 31.8 Å². The van der Waals surface area contributed by atoms with E-state index in [1.165, 1.54) is 16.9 Å². The molecule has 1 aromatic heterocycles. The summed E-state index contributed by atoms with van der Waals surface area (Å²) >= 11 is 1.53. The molecule has 1 aliphatic heterocycles. The highest BCUT2D eigenvalue weighted by Crippen LogP contribution is 2.42. The van der Waals surface area contributed by atoms with Gasteiger partial charge in [-0.25, -0.2) is 4.98 Å². The second kappa shape index (κ2) is 5.58. The summed E-state index contributed by atoms with van der Waals surface area (Å²) in [5, 5.41) is 0. The summed E-state index contributed by atoms with van der Waals surface area (Å²) in [5.74, 6) is -0.261. The van der Waals surface area contributed by atoms with Gasteiger partial charge in [0.1, 0.15) is 5.54 Å². The minimum atomic E-state index is -0.693. The first kappa shape index (κ1) is 14.2. The number of likely N-dealkylation sites (tertiary alicyclic amines) is 1. The van der Waals surface area contributed by atoms with E-state index >= 15 is 0 Å². The van der Waals surface area contributed by atoms with E-state index in [0.29, 0.717) is 0 Å². The SMILES string of the molecule is Cc1ncsc1C1(C(N)=O)CCCN1Cc1ccccc1. The van der Waals surface area contributed by atoms with Crippen LogP contribution in [0.5, 0.6) is 0 Å². The zero-order chi connectivity index (χ0) is 14.9. The van der Waals surface area contributed by atoms with Crippen molar-refractivity contribution in [3.63, 3.8) is 0 Å². The molecule has 0 saturated carbocycles. The maximum absolute atomic E-state index is 12.3. The van der Waals surface area contributed by atoms with Gasteiger partial charge in [-0.3, -0.25) is 9.69 Å². The van der Waals surface area contributed by atoms with Gasteiger partial charge < -0.3 is 5.73 Å². The summed E-state index contributed by atoms with van der Waals surface area (Å²) in [5.41, 5.74) is 9.06. The van der Waals surface area contributed by atoms with Crippen LogP contribution in [-0.2, 0) is 16.9 Å². The van der Waals surface area contributed by atoms with Crippen LogP contribution in [-0.4, -0.2) is 22.3 Å². The minimum absolute atomic E-state index is 0.261. The van der Waals surface area contributed by atoms with Gasteiger partial charge >= 0.3 is 0 Å². The van der Waals surface area contributed by atoms with Crippen LogP contribution >= 0.6 is 11.3 Å². The van der Waals surface area contributed by atoms with Gasteiger partial charge in [0, 0.05) is 6.54 Å². The van der Waals surface area contributed by atoms with Crippen LogP contribution in [0, 0.1) is 6.92 Å². The first-order valence-corrected chi connectivity index (χ1v) is 8.02. The first-order chi connectivity index (χ1) is 10.1. The van der Waals surface area contributed by atoms with E-state index in [0.717, 1.165) is 36.5 Å². The quantitative estimate of drug-likeness (QED) is 0.943. The van der Waals surface area contributed by atoms with Crippen LogP contribution in [0.25, 0.3) is 0 Å². The standard InChI is InChI=1S/C16H19N3OS/c1-12-14(21-11-18-12)16(15(17)20)8-5-9-19(16)10-13-6-3-2-4-7-13/h2-4,6-7,11H,5,8-10H2,1H3,(H2,17,20). The van der Waals surface area contributed by atoms with Crippen molar-refractivity contribution < 1.29 is 4.79 Å². The molecule has 2 N–H and O–H groups in total. The highest BCUT2D eigenvalue weighted by Gasteiger charge is 2.49. The summed E-state index contributed by atoms with van der Waals surface area (Å²) in [7, 11) is 0. The van der Waals surface area contributed by atoms with Gasteiger partial charge in [-0.2, -0.15) is 0 Å². The smallest absolute Gasteiger partial charge is 0.243 e. The summed E-state index contributed by atoms with van der Waals surface area (Å²) in [6.45, 7) is 3.58. The summed E-state index contributed by atoms with van der Waals surface area (Å²) < 4.78 is 0. The zero-order valence-corrected chi connectivity index (χ0v) is 12.9. The number of nitrogens with two attached hydrogens (primary N) is 1. The maximum Gasteiger partial charge on any atom is 0.243 e. The highest BCUT2D eigenvalue weighted by molar-refractivity contribution is 7.10. The molecule has 5 heteroatoms. The molecule has 1 aromatic carbocycles. The molecule has 1 unspecified atom stereocenters. The number of rotatable bonds is 4. The fourth-order valence-electron chi connectivity index (χ4n) is 3.24. The van der Waals surface area contributed by atoms with Crippen LogP contribution in [0.15, 0.2) is 35.8 Å². The van der Waals surface area contributed by atoms with E-state index in [4.69, 9.17) is 5.73 Å². The Morgan fingerprint density at radius 1 is 1.43 bits per heavy atom. The first-order valence-electron chi connectivity index (χ1n) is 7.14. The van der Waals surface area contributed by atoms with Crippen molar-refractivity contribution in [2.24, 2.45) is 5.73 Å². The van der Waals surface area contributed by atoms with Crippen molar-refractivity contribution >= 4 is 17.2 Å². The fourth-order valence-corrected chi connectivity index (χ4v) is 4.31. The third-order valence-corrected chi connectivity index (χ3v) is 5.33. The molecule has 3 rings (SSSR count). The van der Waals surface area contributed by atoms with Gasteiger partial charge in [-0.05, 0) is 31.9 Å². The Hall–Kier alpha value is -1.72. The molecule has 21 heavy (non-hydrogen) atoms. The zero-order valence-electron chi connectivity index (χ0n) is 12.1. The number of nitrogens with zero attached hydrogens (tertiary/aromatic N) is 2. The predicted octanol–water partition coefficient (Wildman–Crippen LogP) is 2.43. The van der Waals surface area contributed by atoms with Crippen molar-refractivity contribution in [1.29, 1.82) is 0 Å². The van der Waals surface area contributed by atoms with Gasteiger partial charge in [0.05, 0.1) is 16.1 Å². The molecule has 1 amide bonds. The predicted molar refractivity (Wildman–Crippen MR) is 83.8 cm³/mol. The largest absolute Gasteiger partial charge is 0.368 e. The average molecular weight is 301 g/mol. The topological polar surface area (TPSA) is 59.2 Å². The van der Waals surface area contributed by atoms with Gasteiger partial charge in [0.2, 0.25) is 5.91 Å². The number of carbonyl (C=O) groups is 1. The van der Waals surface area contributed by atoms with Crippen LogP contribution in [0.2, 0.25) is 0 Å². The van der Waals surface area contributed by atoms with Crippen LogP contribution in [0.1, 0.15) is 29.0 Å². The number of hydrogen-bond donors (Lipinski definition) is 1. The van der Waals surface area contributed by atoms with Gasteiger partial charge in [-0.1, -0.05) is 30.3 Å². The van der Waals surface area contributed by atoms with Crippen molar-refractivity contribution in [1.82, 2.24) is 9.88 Å². The van der Waals surface area contributed by atoms with Crippen molar-refractivity contribution in [2.75, 3.05) is 6.54 Å². The lowest BCUT2D eigenvalue weighted by atomic mass is 9.91. The molecule has 110 valence electrons. The Balaban J connectivity index is 1.99. The van der Waals surface area contributed by atoms with Crippen LogP contribution in [0.4, 0.5) is 0 Å². The van der Waals surface area contributed by atoms with Crippen LogP contribution in [0.3, 0.4) is 0 Å². The van der Waals surface area contributed by atoms with E-state index in [1.54, 1.807) is 5.51 Å². The number of hydrogen-bond acceptors (Lipinski definition) is 4. The summed E-state index contributed by atoms with van der Waals surface area (Å²) in [6.07, 6.45) is 1.76. The third-order valence-electron chi connectivity index (χ3n) is 4.25. The third kappa shape index (κ3) is 2.36. The number of thiazole rings is 1. The molecule has 0 spiro atoms. The van der Waals surface area contributed by atoms with E-state index < -0.39 is 5.54 Å². The average Bonchev–Trinajstić information content (AvgIpc) is 3.07. The minimum Gasteiger partial charge on any atom is -0.368 e. The monoisotopic (exact) mass is 301 g/mol. The lowest BCUT2D eigenvalue weighted by molar-refractivity contribution is -0.129. The number of aryl methyl sites for hydroxylation is 1. The molecule has 1 atom stereocenters. The Morgan fingerprint density at radius 3 is 2.81 bits per heavy atom. The molecule has 1 saturated heterocycles. The van der Waals surface area contributed by atoms with E-state index in [2.05, 4.69) is 22.0 Å². The molecule has 1 fully saturated rings. The van der Waals surface area contributed by atoms with Gasteiger partial charge in [0.25, 0.3) is 0 Å². The molecule has 0 radical (unpaired) electrons. The highest BCUT2D eigenvalue weighted by atomic mass is 32.1. The lowest BCUT2D eigenvalue weighted by Gasteiger charge is -2.35. The Labute approximate surface area is 128 Å². The Bertz CT molecular complexity index is 640. The molecule has 0 bridgehead atoms. The summed E-state index contributed by atoms with van der Waals surface area (Å²) in [4.78, 5) is 19.9. The van der Waals surface area contributed by atoms with Gasteiger partial charge in [-0.15, -0.1) is 11.3 Å². The number of benzene rings is 1. The molecule has 4 nitrogen and oxygen atoms in total. The van der Waals surface area contributed by atoms with E-state index in [-0.39, 0.29) is 5.91 Å². The van der Waals surface area contributed by atoms with Crippen molar-refractivity contribution in [3.05, 3.63) is 52.0 Å². The molecular formula is C16H19N3OS. The van der Waals surface area contributed by atoms with Crippen molar-refractivity contribution in [3.8, 4) is 0 Å². The number of primary amides is 1. The number of amides is 1. The second-order valence-electron chi connectivity index (χ2n) is 5.50. The number of aromatic nitrogens is 1. The maximum atomic E-state index is 12.3. The van der Waals surface area contributed by atoms with E-state index in [1.807, 2.05) is 25.1 Å². The lowest BCUT2D eigenvalue weighted by Crippen LogP contribution is -2.50. The van der Waals surface area contributed by atoms with E-state index in [9.17, 15) is 4.79 Å². The Kier molecular flexibility index (Phi) is 3.78.